The molecule has 2 rings (SSSR count). The van der Waals surface area contributed by atoms with E-state index in [-0.39, 0.29) is 23.6 Å². The Kier molecular flexibility index (Phi) is 4.18. The number of carbonyl (C=O) groups excluding carboxylic acids is 1. The Morgan fingerprint density at radius 2 is 1.95 bits per heavy atom. The fourth-order valence-corrected chi connectivity index (χ4v) is 1.99. The summed E-state index contributed by atoms with van der Waals surface area (Å²) in [6.45, 7) is 1.21. The maximum absolute atomic E-state index is 12.1. The summed E-state index contributed by atoms with van der Waals surface area (Å²) in [6, 6.07) is 7.40. The molecule has 21 heavy (non-hydrogen) atoms. The van der Waals surface area contributed by atoms with Crippen LogP contribution in [0.3, 0.4) is 0 Å². The van der Waals surface area contributed by atoms with E-state index in [9.17, 15) is 19.7 Å². The highest BCUT2D eigenvalue weighted by atomic mass is 35.5. The predicted octanol–water partition coefficient (Wildman–Crippen LogP) is 2.60. The molecular weight excluding hydrogens is 296 g/mol. The second-order valence-corrected chi connectivity index (χ2v) is 4.94. The molecule has 1 heterocycles. The standard InChI is InChI=1S/C14H11ClN2O4/c1-9-6-12(17(20)21)7-16(14(9)19)8-13(18)10-2-4-11(15)5-3-10/h2-7H,8H2,1H3. The summed E-state index contributed by atoms with van der Waals surface area (Å²) in [5, 5.41) is 11.3. The monoisotopic (exact) mass is 306 g/mol. The van der Waals surface area contributed by atoms with Gasteiger partial charge in [-0.3, -0.25) is 19.7 Å². The first-order chi connectivity index (χ1) is 9.88. The average molecular weight is 307 g/mol. The van der Waals surface area contributed by atoms with E-state index >= 15 is 0 Å². The molecule has 1 aromatic heterocycles. The van der Waals surface area contributed by atoms with Crippen LogP contribution in [-0.4, -0.2) is 15.3 Å². The summed E-state index contributed by atoms with van der Waals surface area (Å²) in [5.74, 6) is -0.325. The molecule has 0 atom stereocenters. The summed E-state index contributed by atoms with van der Waals surface area (Å²) in [4.78, 5) is 34.2. The number of nitrogens with zero attached hydrogens (tertiary/aromatic N) is 2. The summed E-state index contributed by atoms with van der Waals surface area (Å²) >= 11 is 5.74. The Hall–Kier alpha value is -2.47. The largest absolute Gasteiger partial charge is 0.301 e. The lowest BCUT2D eigenvalue weighted by atomic mass is 10.1. The molecule has 0 aliphatic heterocycles. The Balaban J connectivity index is 2.35. The lowest BCUT2D eigenvalue weighted by molar-refractivity contribution is -0.385. The average Bonchev–Trinajstić information content (AvgIpc) is 2.44. The van der Waals surface area contributed by atoms with Crippen LogP contribution in [0, 0.1) is 17.0 Å². The van der Waals surface area contributed by atoms with Gasteiger partial charge in [-0.2, -0.15) is 0 Å². The van der Waals surface area contributed by atoms with Crippen LogP contribution in [0.25, 0.3) is 0 Å². The zero-order chi connectivity index (χ0) is 15.6. The van der Waals surface area contributed by atoms with Crippen LogP contribution in [0.15, 0.2) is 41.3 Å². The summed E-state index contributed by atoms with van der Waals surface area (Å²) in [7, 11) is 0. The first-order valence-electron chi connectivity index (χ1n) is 6.02. The highest BCUT2D eigenvalue weighted by Crippen LogP contribution is 2.12. The topological polar surface area (TPSA) is 82.2 Å². The van der Waals surface area contributed by atoms with Gasteiger partial charge in [0.05, 0.1) is 17.7 Å². The van der Waals surface area contributed by atoms with Gasteiger partial charge in [0.1, 0.15) is 0 Å². The van der Waals surface area contributed by atoms with E-state index in [2.05, 4.69) is 0 Å². The maximum atomic E-state index is 12.1. The first kappa shape index (κ1) is 14.9. The minimum absolute atomic E-state index is 0.216. The van der Waals surface area contributed by atoms with Crippen LogP contribution in [-0.2, 0) is 6.54 Å². The third kappa shape index (κ3) is 3.35. The molecule has 108 valence electrons. The minimum atomic E-state index is -0.601. The number of hydrogen-bond donors (Lipinski definition) is 0. The van der Waals surface area contributed by atoms with Gasteiger partial charge in [0.2, 0.25) is 0 Å². The van der Waals surface area contributed by atoms with E-state index in [1.54, 1.807) is 24.3 Å². The molecule has 0 bridgehead atoms. The Morgan fingerprint density at radius 3 is 2.52 bits per heavy atom. The van der Waals surface area contributed by atoms with Crippen LogP contribution in [0.4, 0.5) is 5.69 Å². The van der Waals surface area contributed by atoms with Crippen LogP contribution in [0.5, 0.6) is 0 Å². The molecule has 0 saturated heterocycles. The van der Waals surface area contributed by atoms with E-state index in [0.29, 0.717) is 10.6 Å². The minimum Gasteiger partial charge on any atom is -0.301 e. The molecule has 0 aliphatic rings. The van der Waals surface area contributed by atoms with E-state index in [4.69, 9.17) is 11.6 Å². The number of Topliss-reactive ketones (excluding diaryl/α,β-unsaturated/α-hetero) is 1. The van der Waals surface area contributed by atoms with E-state index in [1.807, 2.05) is 0 Å². The van der Waals surface area contributed by atoms with Crippen molar-refractivity contribution < 1.29 is 9.72 Å². The van der Waals surface area contributed by atoms with Gasteiger partial charge < -0.3 is 4.57 Å². The summed E-state index contributed by atoms with van der Waals surface area (Å²) in [5.41, 5.74) is -0.0533. The van der Waals surface area contributed by atoms with Gasteiger partial charge in [-0.05, 0) is 31.2 Å². The maximum Gasteiger partial charge on any atom is 0.286 e. The zero-order valence-corrected chi connectivity index (χ0v) is 11.8. The van der Waals surface area contributed by atoms with E-state index in [0.717, 1.165) is 10.8 Å². The first-order valence-corrected chi connectivity index (χ1v) is 6.40. The van der Waals surface area contributed by atoms with Gasteiger partial charge in [0, 0.05) is 22.2 Å². The quantitative estimate of drug-likeness (QED) is 0.494. The van der Waals surface area contributed by atoms with Crippen molar-refractivity contribution >= 4 is 23.1 Å². The van der Waals surface area contributed by atoms with E-state index < -0.39 is 10.5 Å². The van der Waals surface area contributed by atoms with Crippen LogP contribution >= 0.6 is 11.6 Å². The molecule has 0 N–H and O–H groups in total. The fraction of sp³-hybridized carbons (Fsp3) is 0.143. The van der Waals surface area contributed by atoms with Crippen molar-refractivity contribution in [3.63, 3.8) is 0 Å². The number of nitro groups is 1. The third-order valence-electron chi connectivity index (χ3n) is 2.94. The SMILES string of the molecule is Cc1cc([N+](=O)[O-])cn(CC(=O)c2ccc(Cl)cc2)c1=O. The number of ketones is 1. The molecule has 0 saturated carbocycles. The van der Waals surface area contributed by atoms with Crippen molar-refractivity contribution in [1.29, 1.82) is 0 Å². The highest BCUT2D eigenvalue weighted by molar-refractivity contribution is 6.30. The summed E-state index contributed by atoms with van der Waals surface area (Å²) < 4.78 is 1.05. The number of aryl methyl sites for hydroxylation is 1. The lowest BCUT2D eigenvalue weighted by Crippen LogP contribution is -2.25. The molecule has 7 heteroatoms. The van der Waals surface area contributed by atoms with Gasteiger partial charge in [-0.25, -0.2) is 0 Å². The smallest absolute Gasteiger partial charge is 0.286 e. The van der Waals surface area contributed by atoms with Crippen LogP contribution in [0.2, 0.25) is 5.02 Å². The number of aromatic nitrogens is 1. The van der Waals surface area contributed by atoms with Crippen molar-refractivity contribution in [1.82, 2.24) is 4.57 Å². The molecule has 0 fully saturated rings. The second kappa shape index (κ2) is 5.88. The number of benzene rings is 1. The molecule has 6 nitrogen and oxygen atoms in total. The zero-order valence-electron chi connectivity index (χ0n) is 11.1. The highest BCUT2D eigenvalue weighted by Gasteiger charge is 2.14. The molecule has 0 unspecified atom stereocenters. The molecular formula is C14H11ClN2O4. The van der Waals surface area contributed by atoms with Gasteiger partial charge in [-0.1, -0.05) is 11.6 Å². The molecule has 0 amide bonds. The number of carbonyl (C=O) groups is 1. The Bertz CT molecular complexity index is 766. The van der Waals surface area contributed by atoms with Crippen LogP contribution < -0.4 is 5.56 Å². The van der Waals surface area contributed by atoms with Gasteiger partial charge in [0.25, 0.3) is 11.2 Å². The number of hydrogen-bond acceptors (Lipinski definition) is 4. The van der Waals surface area contributed by atoms with Crippen molar-refractivity contribution in [3.8, 4) is 0 Å². The molecule has 1 aromatic carbocycles. The number of rotatable bonds is 4. The van der Waals surface area contributed by atoms with Crippen molar-refractivity contribution in [2.75, 3.05) is 0 Å². The number of pyridine rings is 1. The molecule has 0 aliphatic carbocycles. The second-order valence-electron chi connectivity index (χ2n) is 4.50. The van der Waals surface area contributed by atoms with Crippen molar-refractivity contribution in [2.24, 2.45) is 0 Å². The van der Waals surface area contributed by atoms with E-state index in [1.165, 1.54) is 13.0 Å². The van der Waals surface area contributed by atoms with Crippen molar-refractivity contribution in [2.45, 2.75) is 13.5 Å². The normalized spacial score (nSPS) is 10.4. The fourth-order valence-electron chi connectivity index (χ4n) is 1.86. The molecule has 2 aromatic rings. The number of halogens is 1. The van der Waals surface area contributed by atoms with Gasteiger partial charge >= 0.3 is 0 Å². The van der Waals surface area contributed by atoms with Crippen LogP contribution in [0.1, 0.15) is 15.9 Å². The molecule has 0 radical (unpaired) electrons. The van der Waals surface area contributed by atoms with Gasteiger partial charge in [0.15, 0.2) is 5.78 Å². The van der Waals surface area contributed by atoms with Gasteiger partial charge in [-0.15, -0.1) is 0 Å². The lowest BCUT2D eigenvalue weighted by Gasteiger charge is -2.06. The Morgan fingerprint density at radius 1 is 1.33 bits per heavy atom. The Labute approximate surface area is 124 Å². The third-order valence-corrected chi connectivity index (χ3v) is 3.19. The predicted molar refractivity (Wildman–Crippen MR) is 77.9 cm³/mol. The molecule has 0 spiro atoms. The van der Waals surface area contributed by atoms with Crippen molar-refractivity contribution in [3.05, 3.63) is 73.1 Å². The summed E-state index contributed by atoms with van der Waals surface area (Å²) in [6.07, 6.45) is 1.07.